The minimum atomic E-state index is -1.19. The van der Waals surface area contributed by atoms with Gasteiger partial charge in [-0.2, -0.15) is 0 Å². The Morgan fingerprint density at radius 3 is 2.37 bits per heavy atom. The summed E-state index contributed by atoms with van der Waals surface area (Å²) in [6.07, 6.45) is 1.07. The molecule has 2 aromatic carbocycles. The van der Waals surface area contributed by atoms with Crippen molar-refractivity contribution < 1.29 is 23.2 Å². The van der Waals surface area contributed by atoms with Gasteiger partial charge in [-0.3, -0.25) is 14.4 Å². The Labute approximate surface area is 209 Å². The number of benzene rings is 2. The molecule has 2 N–H and O–H groups in total. The highest BCUT2D eigenvalue weighted by Crippen LogP contribution is 2.34. The normalized spacial score (nSPS) is 16.9. The summed E-state index contributed by atoms with van der Waals surface area (Å²) in [7, 11) is 0. The molecule has 0 spiro atoms. The van der Waals surface area contributed by atoms with E-state index >= 15 is 0 Å². The maximum absolute atomic E-state index is 14.3. The van der Waals surface area contributed by atoms with Gasteiger partial charge in [-0.15, -0.1) is 0 Å². The highest BCUT2D eigenvalue weighted by atomic mass is 35.5. The monoisotopic (exact) mass is 505 g/mol. The number of carbonyl (C=O) groups is 3. The predicted octanol–water partition coefficient (Wildman–Crippen LogP) is 4.87. The number of carbonyl (C=O) groups excluding carboxylic acids is 3. The second-order valence-electron chi connectivity index (χ2n) is 9.15. The van der Waals surface area contributed by atoms with Crippen LogP contribution in [0.4, 0.5) is 14.5 Å². The maximum atomic E-state index is 14.3. The minimum absolute atomic E-state index is 0.188. The van der Waals surface area contributed by atoms with Gasteiger partial charge in [0.1, 0.15) is 29.4 Å². The van der Waals surface area contributed by atoms with Gasteiger partial charge in [0.2, 0.25) is 11.8 Å². The van der Waals surface area contributed by atoms with E-state index in [2.05, 4.69) is 10.6 Å². The molecule has 0 radical (unpaired) electrons. The lowest BCUT2D eigenvalue weighted by Gasteiger charge is -2.39. The van der Waals surface area contributed by atoms with Crippen LogP contribution in [0.25, 0.3) is 0 Å². The Kier molecular flexibility index (Phi) is 8.48. The fourth-order valence-electron chi connectivity index (χ4n) is 4.09. The van der Waals surface area contributed by atoms with E-state index in [0.717, 1.165) is 17.7 Å². The summed E-state index contributed by atoms with van der Waals surface area (Å²) in [6.45, 7) is 7.45. The zero-order valence-electron chi connectivity index (χ0n) is 20.2. The lowest BCUT2D eigenvalue weighted by Crippen LogP contribution is -2.56. The summed E-state index contributed by atoms with van der Waals surface area (Å²) < 4.78 is 28.6. The van der Waals surface area contributed by atoms with Gasteiger partial charge in [0.15, 0.2) is 0 Å². The Morgan fingerprint density at radius 2 is 1.77 bits per heavy atom. The molecule has 0 unspecified atom stereocenters. The molecule has 6 nitrogen and oxygen atoms in total. The van der Waals surface area contributed by atoms with Crippen molar-refractivity contribution in [3.8, 4) is 0 Å². The van der Waals surface area contributed by atoms with Gasteiger partial charge < -0.3 is 15.5 Å². The van der Waals surface area contributed by atoms with Gasteiger partial charge in [-0.1, -0.05) is 51.4 Å². The molecule has 1 heterocycles. The molecule has 0 aromatic heterocycles. The summed E-state index contributed by atoms with van der Waals surface area (Å²) >= 11 is 6.21. The standard InChI is InChI=1S/C26H30ClF2N3O3/c1-5-15(4)24(33)30-21(14(2)3)26(35)32-12-11-16-9-10-17(27)13-18(16)23(32)25(34)31-22-19(28)7-6-8-20(22)29/h6-10,13-15,21,23H,5,11-12H2,1-4H3,(H,30,33)(H,31,34)/t15-,21+,23+/m1/s1. The van der Waals surface area contributed by atoms with Crippen molar-refractivity contribution in [2.75, 3.05) is 11.9 Å². The number of para-hydroxylation sites is 1. The molecule has 0 saturated heterocycles. The zero-order chi connectivity index (χ0) is 25.9. The first-order chi connectivity index (χ1) is 16.5. The summed E-state index contributed by atoms with van der Waals surface area (Å²) in [4.78, 5) is 41.1. The molecule has 0 bridgehead atoms. The van der Waals surface area contributed by atoms with Crippen molar-refractivity contribution in [1.82, 2.24) is 10.2 Å². The van der Waals surface area contributed by atoms with Crippen molar-refractivity contribution in [2.24, 2.45) is 11.8 Å². The van der Waals surface area contributed by atoms with Crippen LogP contribution in [0.5, 0.6) is 0 Å². The topological polar surface area (TPSA) is 78.5 Å². The average molecular weight is 506 g/mol. The molecule has 3 atom stereocenters. The third kappa shape index (κ3) is 5.81. The van der Waals surface area contributed by atoms with Crippen molar-refractivity contribution in [1.29, 1.82) is 0 Å². The Balaban J connectivity index is 2.00. The van der Waals surface area contributed by atoms with E-state index in [1.807, 2.05) is 6.92 Å². The van der Waals surface area contributed by atoms with Gasteiger partial charge in [0.05, 0.1) is 0 Å². The third-order valence-corrected chi connectivity index (χ3v) is 6.60. The highest BCUT2D eigenvalue weighted by molar-refractivity contribution is 6.30. The minimum Gasteiger partial charge on any atom is -0.344 e. The van der Waals surface area contributed by atoms with Crippen molar-refractivity contribution in [3.05, 3.63) is 64.2 Å². The summed E-state index contributed by atoms with van der Waals surface area (Å²) in [5.41, 5.74) is 0.684. The third-order valence-electron chi connectivity index (χ3n) is 6.37. The highest BCUT2D eigenvalue weighted by Gasteiger charge is 2.40. The number of fused-ring (bicyclic) bond motifs is 1. The number of hydrogen-bond donors (Lipinski definition) is 2. The number of nitrogens with zero attached hydrogens (tertiary/aromatic N) is 1. The average Bonchev–Trinajstić information content (AvgIpc) is 2.82. The number of amides is 3. The molecule has 1 aliphatic rings. The van der Waals surface area contributed by atoms with Crippen LogP contribution in [0.15, 0.2) is 36.4 Å². The summed E-state index contributed by atoms with van der Waals surface area (Å²) in [5, 5.41) is 5.50. The number of halogens is 3. The van der Waals surface area contributed by atoms with Crippen LogP contribution in [0, 0.1) is 23.5 Å². The van der Waals surface area contributed by atoms with E-state index in [9.17, 15) is 23.2 Å². The van der Waals surface area contributed by atoms with Gasteiger partial charge in [-0.25, -0.2) is 8.78 Å². The van der Waals surface area contributed by atoms with E-state index in [-0.39, 0.29) is 24.3 Å². The second kappa shape index (κ2) is 11.2. The first-order valence-corrected chi connectivity index (χ1v) is 12.1. The van der Waals surface area contributed by atoms with Crippen LogP contribution in [0.3, 0.4) is 0 Å². The molecule has 0 fully saturated rings. The van der Waals surface area contributed by atoms with Gasteiger partial charge >= 0.3 is 0 Å². The van der Waals surface area contributed by atoms with Crippen LogP contribution in [0.1, 0.15) is 51.3 Å². The van der Waals surface area contributed by atoms with Crippen LogP contribution in [-0.2, 0) is 20.8 Å². The predicted molar refractivity (Wildman–Crippen MR) is 131 cm³/mol. The molecule has 0 saturated carbocycles. The first-order valence-electron chi connectivity index (χ1n) is 11.7. The number of anilines is 1. The van der Waals surface area contributed by atoms with E-state index in [1.54, 1.807) is 39.0 Å². The van der Waals surface area contributed by atoms with Gasteiger partial charge in [0.25, 0.3) is 5.91 Å². The molecule has 3 rings (SSSR count). The Bertz CT molecular complexity index is 1100. The van der Waals surface area contributed by atoms with Crippen molar-refractivity contribution in [2.45, 2.75) is 52.6 Å². The molecule has 188 valence electrons. The smallest absolute Gasteiger partial charge is 0.251 e. The van der Waals surface area contributed by atoms with Crippen LogP contribution in [-0.4, -0.2) is 35.2 Å². The van der Waals surface area contributed by atoms with Gasteiger partial charge in [0, 0.05) is 17.5 Å². The Hall–Kier alpha value is -3.00. The summed E-state index contributed by atoms with van der Waals surface area (Å²) in [5.74, 6) is -3.89. The van der Waals surface area contributed by atoms with Crippen LogP contribution in [0.2, 0.25) is 5.02 Å². The first kappa shape index (κ1) is 26.6. The quantitative estimate of drug-likeness (QED) is 0.563. The maximum Gasteiger partial charge on any atom is 0.251 e. The number of nitrogens with one attached hydrogen (secondary N) is 2. The van der Waals surface area contributed by atoms with Crippen molar-refractivity contribution >= 4 is 35.0 Å². The molecular formula is C26H30ClF2N3O3. The fraction of sp³-hybridized carbons (Fsp3) is 0.423. The van der Waals surface area contributed by atoms with Crippen LogP contribution >= 0.6 is 11.6 Å². The molecule has 0 aliphatic carbocycles. The molecule has 35 heavy (non-hydrogen) atoms. The van der Waals surface area contributed by atoms with Crippen molar-refractivity contribution in [3.63, 3.8) is 0 Å². The number of rotatable bonds is 7. The lowest BCUT2D eigenvalue weighted by molar-refractivity contribution is -0.144. The van der Waals surface area contributed by atoms with E-state index < -0.39 is 41.2 Å². The van der Waals surface area contributed by atoms with E-state index in [0.29, 0.717) is 23.4 Å². The van der Waals surface area contributed by atoms with Crippen LogP contribution < -0.4 is 10.6 Å². The molecular weight excluding hydrogens is 476 g/mol. The Morgan fingerprint density at radius 1 is 1.11 bits per heavy atom. The molecule has 3 amide bonds. The lowest BCUT2D eigenvalue weighted by atomic mass is 9.90. The molecule has 2 aromatic rings. The SMILES string of the molecule is CC[C@@H](C)C(=O)N[C@H](C(=O)N1CCc2ccc(Cl)cc2[C@H]1C(=O)Nc1c(F)cccc1F)C(C)C. The fourth-order valence-corrected chi connectivity index (χ4v) is 4.27. The molecule has 1 aliphatic heterocycles. The van der Waals surface area contributed by atoms with E-state index in [1.165, 1.54) is 11.0 Å². The second-order valence-corrected chi connectivity index (χ2v) is 9.59. The largest absolute Gasteiger partial charge is 0.344 e. The summed E-state index contributed by atoms with van der Waals surface area (Å²) in [6, 6.07) is 6.24. The van der Waals surface area contributed by atoms with Gasteiger partial charge in [-0.05, 0) is 54.2 Å². The zero-order valence-corrected chi connectivity index (χ0v) is 21.0. The number of hydrogen-bond acceptors (Lipinski definition) is 3. The molecule has 9 heteroatoms. The van der Waals surface area contributed by atoms with E-state index in [4.69, 9.17) is 11.6 Å².